The van der Waals surface area contributed by atoms with E-state index in [2.05, 4.69) is 4.98 Å². The number of halogens is 6. The predicted molar refractivity (Wildman–Crippen MR) is 85.8 cm³/mol. The molecule has 0 saturated heterocycles. The third kappa shape index (κ3) is 3.67. The van der Waals surface area contributed by atoms with Gasteiger partial charge in [0.15, 0.2) is 5.58 Å². The van der Waals surface area contributed by atoms with Crippen molar-refractivity contribution in [2.75, 3.05) is 5.75 Å². The standard InChI is InChI=1S/C17H11F6NOS/c1-2-26-14-8-10(17(21,22)23)3-5-11(14)15-24-12-7-9(16(18,19)20)4-6-13(12)25-15/h3-8H,2H2,1H3. The van der Waals surface area contributed by atoms with E-state index in [4.69, 9.17) is 4.42 Å². The van der Waals surface area contributed by atoms with Crippen LogP contribution in [-0.2, 0) is 12.4 Å². The number of fused-ring (bicyclic) bond motifs is 1. The van der Waals surface area contributed by atoms with Gasteiger partial charge in [0.2, 0.25) is 5.89 Å². The van der Waals surface area contributed by atoms with E-state index in [0.29, 0.717) is 16.2 Å². The fourth-order valence-electron chi connectivity index (χ4n) is 2.37. The molecule has 3 rings (SSSR count). The summed E-state index contributed by atoms with van der Waals surface area (Å²) >= 11 is 1.16. The molecule has 2 aromatic carbocycles. The normalized spacial score (nSPS) is 12.7. The van der Waals surface area contributed by atoms with Gasteiger partial charge in [-0.2, -0.15) is 26.3 Å². The van der Waals surface area contributed by atoms with E-state index in [1.165, 1.54) is 6.07 Å². The molecule has 0 amide bonds. The maximum Gasteiger partial charge on any atom is 0.416 e. The zero-order valence-corrected chi connectivity index (χ0v) is 14.0. The highest BCUT2D eigenvalue weighted by molar-refractivity contribution is 7.99. The van der Waals surface area contributed by atoms with Gasteiger partial charge < -0.3 is 4.42 Å². The van der Waals surface area contributed by atoms with Crippen LogP contribution in [0.4, 0.5) is 26.3 Å². The molecule has 1 heterocycles. The molecule has 0 aliphatic rings. The predicted octanol–water partition coefficient (Wildman–Crippen LogP) is 6.64. The molecule has 9 heteroatoms. The van der Waals surface area contributed by atoms with E-state index in [1.807, 2.05) is 0 Å². The zero-order chi connectivity index (χ0) is 19.1. The molecule has 1 aromatic heterocycles. The minimum atomic E-state index is -4.52. The van der Waals surface area contributed by atoms with Crippen molar-refractivity contribution in [3.05, 3.63) is 47.5 Å². The SMILES string of the molecule is CCSc1cc(C(F)(F)F)ccc1-c1nc2cc(C(F)(F)F)ccc2o1. The summed E-state index contributed by atoms with van der Waals surface area (Å²) in [5, 5.41) is 0. The first-order valence-corrected chi connectivity index (χ1v) is 8.40. The lowest BCUT2D eigenvalue weighted by Gasteiger charge is -2.11. The fraction of sp³-hybridized carbons (Fsp3) is 0.235. The number of nitrogens with zero attached hydrogens (tertiary/aromatic N) is 1. The van der Waals surface area contributed by atoms with Crippen LogP contribution in [0.25, 0.3) is 22.6 Å². The van der Waals surface area contributed by atoms with Crippen LogP contribution in [0.15, 0.2) is 45.7 Å². The molecule has 0 bridgehead atoms. The minimum absolute atomic E-state index is 0.0119. The van der Waals surface area contributed by atoms with Gasteiger partial charge in [0.05, 0.1) is 16.7 Å². The van der Waals surface area contributed by atoms with E-state index in [1.54, 1.807) is 6.92 Å². The van der Waals surface area contributed by atoms with Crippen LogP contribution in [0.2, 0.25) is 0 Å². The maximum atomic E-state index is 12.9. The summed E-state index contributed by atoms with van der Waals surface area (Å²) in [5.74, 6) is 0.483. The number of rotatable bonds is 3. The molecule has 0 unspecified atom stereocenters. The van der Waals surface area contributed by atoms with Gasteiger partial charge in [-0.15, -0.1) is 11.8 Å². The maximum absolute atomic E-state index is 12.9. The number of hydrogen-bond acceptors (Lipinski definition) is 3. The fourth-order valence-corrected chi connectivity index (χ4v) is 3.20. The highest BCUT2D eigenvalue weighted by atomic mass is 32.2. The average molecular weight is 391 g/mol. The van der Waals surface area contributed by atoms with Crippen molar-refractivity contribution in [1.29, 1.82) is 0 Å². The highest BCUT2D eigenvalue weighted by Crippen LogP contribution is 2.39. The summed E-state index contributed by atoms with van der Waals surface area (Å²) in [6.07, 6.45) is -9.02. The number of oxazole rings is 1. The van der Waals surface area contributed by atoms with Gasteiger partial charge in [-0.25, -0.2) is 4.98 Å². The molecular formula is C17H11F6NOS. The first-order chi connectivity index (χ1) is 12.1. The second-order valence-corrected chi connectivity index (χ2v) is 6.65. The van der Waals surface area contributed by atoms with Gasteiger partial charge in [0, 0.05) is 4.90 Å². The Hall–Kier alpha value is -2.16. The molecule has 3 aromatic rings. The second kappa shape index (κ2) is 6.53. The highest BCUT2D eigenvalue weighted by Gasteiger charge is 2.32. The number of benzene rings is 2. The lowest BCUT2D eigenvalue weighted by molar-refractivity contribution is -0.138. The number of alkyl halides is 6. The van der Waals surface area contributed by atoms with Crippen molar-refractivity contribution in [2.24, 2.45) is 0 Å². The van der Waals surface area contributed by atoms with Crippen LogP contribution in [0.3, 0.4) is 0 Å². The van der Waals surface area contributed by atoms with Gasteiger partial charge in [0.1, 0.15) is 5.52 Å². The Morgan fingerprint density at radius 2 is 1.54 bits per heavy atom. The van der Waals surface area contributed by atoms with E-state index in [9.17, 15) is 26.3 Å². The Bertz CT molecular complexity index is 945. The summed E-state index contributed by atoms with van der Waals surface area (Å²) in [7, 11) is 0. The smallest absolute Gasteiger partial charge is 0.416 e. The van der Waals surface area contributed by atoms with E-state index in [-0.39, 0.29) is 17.0 Å². The topological polar surface area (TPSA) is 26.0 Å². The Labute approximate surface area is 148 Å². The van der Waals surface area contributed by atoms with Gasteiger partial charge in [-0.1, -0.05) is 6.92 Å². The minimum Gasteiger partial charge on any atom is -0.436 e. The van der Waals surface area contributed by atoms with Gasteiger partial charge >= 0.3 is 12.4 Å². The molecular weight excluding hydrogens is 380 g/mol. The monoisotopic (exact) mass is 391 g/mol. The summed E-state index contributed by atoms with van der Waals surface area (Å²) in [6.45, 7) is 1.77. The number of hydrogen-bond donors (Lipinski definition) is 0. The lowest BCUT2D eigenvalue weighted by Crippen LogP contribution is -2.05. The molecule has 0 aliphatic heterocycles. The van der Waals surface area contributed by atoms with E-state index >= 15 is 0 Å². The molecule has 0 N–H and O–H groups in total. The molecule has 0 saturated carbocycles. The molecule has 2 nitrogen and oxygen atoms in total. The Balaban J connectivity index is 2.10. The van der Waals surface area contributed by atoms with Gasteiger partial charge in [0.25, 0.3) is 0 Å². The van der Waals surface area contributed by atoms with Crippen molar-refractivity contribution < 1.29 is 30.8 Å². The number of thioether (sulfide) groups is 1. The van der Waals surface area contributed by atoms with E-state index < -0.39 is 23.5 Å². The zero-order valence-electron chi connectivity index (χ0n) is 13.2. The Morgan fingerprint density at radius 1 is 0.923 bits per heavy atom. The Kier molecular flexibility index (Phi) is 4.68. The molecule has 0 radical (unpaired) electrons. The first kappa shape index (κ1) is 18.6. The quantitative estimate of drug-likeness (QED) is 0.370. The van der Waals surface area contributed by atoms with Crippen molar-refractivity contribution in [2.45, 2.75) is 24.2 Å². The van der Waals surface area contributed by atoms with Crippen LogP contribution in [-0.4, -0.2) is 10.7 Å². The first-order valence-electron chi connectivity index (χ1n) is 7.42. The third-order valence-corrected chi connectivity index (χ3v) is 4.49. The summed E-state index contributed by atoms with van der Waals surface area (Å²) in [4.78, 5) is 4.33. The second-order valence-electron chi connectivity index (χ2n) is 5.34. The van der Waals surface area contributed by atoms with Gasteiger partial charge in [-0.3, -0.25) is 0 Å². The molecule has 138 valence electrons. The molecule has 26 heavy (non-hydrogen) atoms. The number of aromatic nitrogens is 1. The summed E-state index contributed by atoms with van der Waals surface area (Å²) in [6, 6.07) is 5.96. The third-order valence-electron chi connectivity index (χ3n) is 3.55. The van der Waals surface area contributed by atoms with Crippen LogP contribution in [0.5, 0.6) is 0 Å². The van der Waals surface area contributed by atoms with Crippen LogP contribution < -0.4 is 0 Å². The van der Waals surface area contributed by atoms with E-state index in [0.717, 1.165) is 42.1 Å². The summed E-state index contributed by atoms with van der Waals surface area (Å²) in [5.41, 5.74) is -1.27. The van der Waals surface area contributed by atoms with Crippen molar-refractivity contribution in [3.63, 3.8) is 0 Å². The average Bonchev–Trinajstić information content (AvgIpc) is 2.96. The van der Waals surface area contributed by atoms with Gasteiger partial charge in [-0.05, 0) is 42.2 Å². The summed E-state index contributed by atoms with van der Waals surface area (Å²) < 4.78 is 82.6. The van der Waals surface area contributed by atoms with Crippen LogP contribution in [0.1, 0.15) is 18.1 Å². The van der Waals surface area contributed by atoms with Crippen LogP contribution >= 0.6 is 11.8 Å². The van der Waals surface area contributed by atoms with Crippen molar-refractivity contribution in [1.82, 2.24) is 4.98 Å². The Morgan fingerprint density at radius 3 is 2.15 bits per heavy atom. The molecule has 0 aliphatic carbocycles. The lowest BCUT2D eigenvalue weighted by atomic mass is 10.1. The van der Waals surface area contributed by atoms with Crippen molar-refractivity contribution >= 4 is 22.9 Å². The molecule has 0 spiro atoms. The molecule has 0 fully saturated rings. The largest absolute Gasteiger partial charge is 0.436 e. The van der Waals surface area contributed by atoms with Crippen LogP contribution in [0, 0.1) is 0 Å². The van der Waals surface area contributed by atoms with Crippen molar-refractivity contribution in [3.8, 4) is 11.5 Å². The molecule has 0 atom stereocenters.